The van der Waals surface area contributed by atoms with Gasteiger partial charge in [-0.1, -0.05) is 50.8 Å². The molecule has 0 unspecified atom stereocenters. The van der Waals surface area contributed by atoms with Crippen LogP contribution in [-0.2, 0) is 9.59 Å². The third-order valence-electron chi connectivity index (χ3n) is 1.45. The monoisotopic (exact) mass is 627 g/mol. The van der Waals surface area contributed by atoms with E-state index in [9.17, 15) is 14.7 Å². The van der Waals surface area contributed by atoms with Crippen LogP contribution < -0.4 is 132 Å². The number of carbonyl (C=O) groups is 2. The maximum absolute atomic E-state index is 9.84. The first-order chi connectivity index (χ1) is 8.95. The molecule has 0 atom stereocenters. The zero-order valence-corrected chi connectivity index (χ0v) is 25.9. The van der Waals surface area contributed by atoms with E-state index < -0.39 is 11.9 Å². The van der Waals surface area contributed by atoms with Crippen LogP contribution in [-0.4, -0.2) is 33.0 Å². The summed E-state index contributed by atoms with van der Waals surface area (Å²) in [6.07, 6.45) is 3.62. The molecule has 0 aromatic carbocycles. The van der Waals surface area contributed by atoms with E-state index in [1.54, 1.807) is 11.8 Å². The molecule has 134 valence electrons. The Kier molecular flexibility index (Phi) is 89.4. The van der Waals surface area contributed by atoms with Crippen LogP contribution in [0.25, 0.3) is 0 Å². The van der Waals surface area contributed by atoms with Gasteiger partial charge in [-0.05, 0) is 41.6 Å². The number of carboxylic acids is 2. The van der Waals surface area contributed by atoms with E-state index in [1.807, 2.05) is 6.92 Å². The number of hydrogen-bond donors (Lipinski definition) is 1. The topological polar surface area (TPSA) is 77.4 Å². The van der Waals surface area contributed by atoms with E-state index in [2.05, 4.69) is 36.4 Å². The molecule has 0 aromatic rings. The Bertz CT molecular complexity index is 219. The van der Waals surface area contributed by atoms with Crippen LogP contribution >= 0.6 is 34.4 Å². The van der Waals surface area contributed by atoms with Crippen LogP contribution in [0.4, 0.5) is 0 Å². The number of carboxylic acid groups (broad SMARTS) is 2. The first-order valence-corrected chi connectivity index (χ1v) is 9.19. The van der Waals surface area contributed by atoms with E-state index in [1.165, 1.54) is 10.8 Å². The van der Waals surface area contributed by atoms with Crippen LogP contribution in [0.1, 0.15) is 61.7 Å². The number of thioether (sulfide) groups is 1. The van der Waals surface area contributed by atoms with E-state index >= 15 is 0 Å². The normalized spacial score (nSPS) is 7.13. The van der Waals surface area contributed by atoms with Crippen LogP contribution in [0.5, 0.6) is 0 Å². The average Bonchev–Trinajstić information content (AvgIpc) is 2.35. The van der Waals surface area contributed by atoms with Crippen LogP contribution in [0.15, 0.2) is 0 Å². The summed E-state index contributed by atoms with van der Waals surface area (Å²) in [6.45, 7) is 6.09. The Morgan fingerprint density at radius 3 is 1.65 bits per heavy atom. The van der Waals surface area contributed by atoms with Gasteiger partial charge in [0.2, 0.25) is 0 Å². The zero-order valence-electron chi connectivity index (χ0n) is 15.5. The van der Waals surface area contributed by atoms with Crippen molar-refractivity contribution in [1.29, 1.82) is 0 Å². The smallest absolute Gasteiger partial charge is 1.00 e. The molecule has 0 heterocycles. The van der Waals surface area contributed by atoms with Crippen molar-refractivity contribution in [3.8, 4) is 0 Å². The Hall–Kier alpha value is 4.02. The van der Waals surface area contributed by atoms with Gasteiger partial charge in [-0.3, -0.25) is 4.79 Å². The van der Waals surface area contributed by atoms with Crippen molar-refractivity contribution < 1.29 is 148 Å². The van der Waals surface area contributed by atoms with E-state index in [-0.39, 0.29) is 142 Å². The molecule has 0 amide bonds. The molecule has 0 bridgehead atoms. The van der Waals surface area contributed by atoms with Gasteiger partial charge in [0.1, 0.15) is 0 Å². The van der Waals surface area contributed by atoms with E-state index in [0.717, 1.165) is 18.6 Å². The second-order valence-corrected chi connectivity index (χ2v) is 5.87. The van der Waals surface area contributed by atoms with Crippen molar-refractivity contribution >= 4 is 46.3 Å². The molecule has 0 spiro atoms. The summed E-state index contributed by atoms with van der Waals surface area (Å²) < 4.78 is 1.29. The van der Waals surface area contributed by atoms with E-state index in [0.29, 0.717) is 12.2 Å². The van der Waals surface area contributed by atoms with Gasteiger partial charge in [0.25, 0.3) is 0 Å². The molecule has 0 radical (unpaired) electrons. The fraction of sp³-hybridized carbons (Fsp3) is 0.857. The van der Waals surface area contributed by atoms with Crippen molar-refractivity contribution in [2.45, 2.75) is 60.3 Å². The van der Waals surface area contributed by atoms with Crippen molar-refractivity contribution in [3.05, 3.63) is 0 Å². The Morgan fingerprint density at radius 2 is 1.48 bits per heavy atom. The molecule has 0 saturated heterocycles. The third kappa shape index (κ3) is 76.4. The van der Waals surface area contributed by atoms with Crippen molar-refractivity contribution in [1.82, 2.24) is 0 Å². The van der Waals surface area contributed by atoms with Gasteiger partial charge in [-0.2, -0.15) is 11.8 Å². The number of halogens is 2. The molecule has 4 nitrogen and oxygen atoms in total. The molecular weight excluding hydrogens is 596 g/mol. The number of rotatable bonds is 8. The number of carbonyl (C=O) groups excluding carboxylic acids is 1. The maximum atomic E-state index is 9.84. The summed E-state index contributed by atoms with van der Waals surface area (Å²) in [5.74, 6) is 0.0832. The van der Waals surface area contributed by atoms with Gasteiger partial charge in [-0.15, -0.1) is 0 Å². The summed E-state index contributed by atoms with van der Waals surface area (Å²) in [5.41, 5.74) is 0. The predicted molar refractivity (Wildman–Crippen MR) is 96.8 cm³/mol. The molecule has 0 aliphatic heterocycles. The minimum atomic E-state index is -0.946. The SMILES string of the molecule is C.CCCC(=O)O.CCCI.CCCSCCC(=O)[O-].[H-].[I-].[K+].[K+]. The summed E-state index contributed by atoms with van der Waals surface area (Å²) in [5, 5.41) is 17.8. The summed E-state index contributed by atoms with van der Waals surface area (Å²) in [4.78, 5) is 19.4. The molecule has 0 aliphatic rings. The summed E-state index contributed by atoms with van der Waals surface area (Å²) >= 11 is 4.01. The largest absolute Gasteiger partial charge is 1.00 e. The maximum Gasteiger partial charge on any atom is 1.00 e. The van der Waals surface area contributed by atoms with Crippen LogP contribution in [0.2, 0.25) is 0 Å². The first kappa shape index (κ1) is 45.6. The fourth-order valence-corrected chi connectivity index (χ4v) is 1.42. The Labute approximate surface area is 264 Å². The molecule has 1 N–H and O–H groups in total. The first-order valence-electron chi connectivity index (χ1n) is 6.51. The summed E-state index contributed by atoms with van der Waals surface area (Å²) in [6, 6.07) is 0. The Morgan fingerprint density at radius 1 is 1.04 bits per heavy atom. The van der Waals surface area contributed by atoms with Crippen molar-refractivity contribution in [3.63, 3.8) is 0 Å². The van der Waals surface area contributed by atoms with Gasteiger partial charge < -0.3 is 40.4 Å². The van der Waals surface area contributed by atoms with E-state index in [4.69, 9.17) is 5.11 Å². The molecule has 23 heavy (non-hydrogen) atoms. The minimum Gasteiger partial charge on any atom is -1.00 e. The van der Waals surface area contributed by atoms with Gasteiger partial charge in [0.15, 0.2) is 0 Å². The fourth-order valence-electron chi connectivity index (χ4n) is 0.616. The quantitative estimate of drug-likeness (QED) is 0.126. The number of hydrogen-bond acceptors (Lipinski definition) is 4. The molecule has 0 aliphatic carbocycles. The summed E-state index contributed by atoms with van der Waals surface area (Å²) in [7, 11) is 0. The molecule has 9 heteroatoms. The molecule has 0 rings (SSSR count). The predicted octanol–water partition coefficient (Wildman–Crippen LogP) is -5.27. The molecule has 0 aromatic heterocycles. The number of alkyl halides is 1. The standard InChI is InChI=1S/C6H12O2S.C4H8O2.C3H7I.CH4.HI.2K.H/c1-2-4-9-5-3-6(7)8;1-2-3-4(5)6;1-2-3-4;;;;;/h2-5H2,1H3,(H,7,8);2-3H2,1H3,(H,5,6);2-3H2,1H3;1H4;1H;;;/q;;;;;2*+1;-1/p-2. The van der Waals surface area contributed by atoms with Gasteiger partial charge >= 0.3 is 109 Å². The Balaban J connectivity index is -0.0000000256. The van der Waals surface area contributed by atoms with Crippen molar-refractivity contribution in [2.24, 2.45) is 0 Å². The second kappa shape index (κ2) is 45.0. The molecule has 0 fully saturated rings. The molecule has 0 saturated carbocycles. The third-order valence-corrected chi connectivity index (χ3v) is 3.72. The van der Waals surface area contributed by atoms with Gasteiger partial charge in [-0.25, -0.2) is 0 Å². The molecular formula is C14H31I2K2O4S-. The van der Waals surface area contributed by atoms with Gasteiger partial charge in [0, 0.05) is 12.4 Å². The average molecular weight is 627 g/mol. The van der Waals surface area contributed by atoms with Gasteiger partial charge in [0.05, 0.1) is 0 Å². The number of aliphatic carboxylic acids is 2. The minimum absolute atomic E-state index is 0. The van der Waals surface area contributed by atoms with Crippen LogP contribution in [0, 0.1) is 0 Å². The van der Waals surface area contributed by atoms with Crippen LogP contribution in [0.3, 0.4) is 0 Å². The zero-order chi connectivity index (χ0) is 15.5. The van der Waals surface area contributed by atoms with Crippen molar-refractivity contribution in [2.75, 3.05) is 15.9 Å². The second-order valence-electron chi connectivity index (χ2n) is 3.57.